The molecule has 0 radical (unpaired) electrons. The predicted molar refractivity (Wildman–Crippen MR) is 142 cm³/mol. The molecule has 4 atom stereocenters. The molecule has 3 aliphatic heterocycles. The van der Waals surface area contributed by atoms with Crippen molar-refractivity contribution in [3.63, 3.8) is 0 Å². The van der Waals surface area contributed by atoms with Gasteiger partial charge in [-0.25, -0.2) is 4.79 Å². The van der Waals surface area contributed by atoms with Crippen LogP contribution in [0.3, 0.4) is 0 Å². The number of nitrogens with zero attached hydrogens (tertiary/aromatic N) is 5. The van der Waals surface area contributed by atoms with Crippen LogP contribution in [0.5, 0.6) is 0 Å². The smallest absolute Gasteiger partial charge is 0.319 e. The highest BCUT2D eigenvalue weighted by molar-refractivity contribution is 5.89. The van der Waals surface area contributed by atoms with Crippen molar-refractivity contribution >= 4 is 17.4 Å². The van der Waals surface area contributed by atoms with Crippen LogP contribution in [0, 0.1) is 17.2 Å². The van der Waals surface area contributed by atoms with Crippen LogP contribution in [0.2, 0.25) is 0 Å². The molecule has 3 saturated heterocycles. The minimum atomic E-state index is -0.235. The van der Waals surface area contributed by atoms with Gasteiger partial charge in [0, 0.05) is 68.8 Å². The van der Waals surface area contributed by atoms with Crippen LogP contribution in [0.1, 0.15) is 30.0 Å². The number of aromatic nitrogens is 2. The zero-order chi connectivity index (χ0) is 25.2. The Kier molecular flexibility index (Phi) is 6.66. The van der Waals surface area contributed by atoms with Crippen LogP contribution >= 0.6 is 0 Å². The first-order chi connectivity index (χ1) is 17.4. The minimum Gasteiger partial charge on any atom is -0.378 e. The summed E-state index contributed by atoms with van der Waals surface area (Å²) < 4.78 is 2.05. The largest absolute Gasteiger partial charge is 0.378 e. The maximum absolute atomic E-state index is 12.4. The number of hydrogen-bond donors (Lipinski definition) is 2. The summed E-state index contributed by atoms with van der Waals surface area (Å²) >= 11 is 0. The van der Waals surface area contributed by atoms with Crippen molar-refractivity contribution in [3.05, 3.63) is 65.9 Å². The third-order valence-corrected chi connectivity index (χ3v) is 7.60. The number of urea groups is 1. The van der Waals surface area contributed by atoms with E-state index in [1.165, 1.54) is 17.8 Å². The van der Waals surface area contributed by atoms with Gasteiger partial charge in [-0.1, -0.05) is 18.2 Å². The molecule has 2 aromatic carbocycles. The topological polar surface area (TPSA) is 89.2 Å². The molecule has 3 aliphatic rings. The number of carbonyl (C=O) groups excluding carboxylic acids is 1. The summed E-state index contributed by atoms with van der Waals surface area (Å²) in [6.07, 6.45) is 2.24. The van der Waals surface area contributed by atoms with E-state index in [-0.39, 0.29) is 6.03 Å². The lowest BCUT2D eigenvalue weighted by Gasteiger charge is -2.49. The molecule has 0 aliphatic carbocycles. The zero-order valence-corrected chi connectivity index (χ0v) is 21.1. The van der Waals surface area contributed by atoms with E-state index >= 15 is 0 Å². The standard InChI is InChI=1S/C28H33N7O/c1-33(2)23-9-7-20(8-10-23)26-15-27(34(3)32-26)25-18-35-12-11-21(25)14-24(35)17-30-28(36)31-22-6-4-5-19(13-22)16-29/h4-10,13,15,21,24-25H,11-12,14,17-18H2,1-3H3,(H2,30,31,36)/t21-,24+,25-/m0/s1. The van der Waals surface area contributed by atoms with E-state index in [4.69, 9.17) is 10.4 Å². The summed E-state index contributed by atoms with van der Waals surface area (Å²) in [7, 11) is 6.14. The number of benzene rings is 2. The van der Waals surface area contributed by atoms with Gasteiger partial charge in [0.2, 0.25) is 0 Å². The third-order valence-electron chi connectivity index (χ3n) is 7.60. The number of carbonyl (C=O) groups is 1. The number of fused-ring (bicyclic) bond motifs is 3. The quantitative estimate of drug-likeness (QED) is 0.553. The second-order valence-electron chi connectivity index (χ2n) is 10.1. The third kappa shape index (κ3) is 4.93. The second kappa shape index (κ2) is 10.0. The number of nitrogens with one attached hydrogen (secondary N) is 2. The number of piperidine rings is 3. The Hall–Kier alpha value is -3.83. The number of nitriles is 1. The Morgan fingerprint density at radius 3 is 2.69 bits per heavy atom. The number of anilines is 2. The highest BCUT2D eigenvalue weighted by Gasteiger charge is 2.41. The second-order valence-corrected chi connectivity index (χ2v) is 10.1. The SMILES string of the molecule is CN(C)c1ccc(-c2cc([C@H]3CN4CC[C@H]3C[C@@H]4CNC(=O)Nc3cccc(C#N)c3)n(C)n2)cc1. The van der Waals surface area contributed by atoms with Gasteiger partial charge in [-0.05, 0) is 61.7 Å². The maximum Gasteiger partial charge on any atom is 0.319 e. The summed E-state index contributed by atoms with van der Waals surface area (Å²) in [6.45, 7) is 2.67. The molecule has 2 N–H and O–H groups in total. The molecule has 2 amide bonds. The zero-order valence-electron chi connectivity index (χ0n) is 21.1. The lowest BCUT2D eigenvalue weighted by atomic mass is 9.74. The monoisotopic (exact) mass is 483 g/mol. The molecule has 1 aromatic heterocycles. The van der Waals surface area contributed by atoms with E-state index in [0.717, 1.165) is 30.8 Å². The predicted octanol–water partition coefficient (Wildman–Crippen LogP) is 4.02. The van der Waals surface area contributed by atoms with Crippen molar-refractivity contribution in [2.24, 2.45) is 13.0 Å². The number of hydrogen-bond acceptors (Lipinski definition) is 5. The van der Waals surface area contributed by atoms with Crippen LogP contribution in [0.4, 0.5) is 16.2 Å². The van der Waals surface area contributed by atoms with E-state index in [1.807, 2.05) is 14.1 Å². The molecule has 3 fully saturated rings. The fourth-order valence-corrected chi connectivity index (χ4v) is 5.64. The summed E-state index contributed by atoms with van der Waals surface area (Å²) in [6, 6.07) is 19.9. The van der Waals surface area contributed by atoms with Crippen molar-refractivity contribution in [1.82, 2.24) is 20.0 Å². The number of rotatable bonds is 6. The van der Waals surface area contributed by atoms with Gasteiger partial charge in [0.15, 0.2) is 0 Å². The first kappa shape index (κ1) is 23.9. The lowest BCUT2D eigenvalue weighted by molar-refractivity contribution is 0.0296. The molecule has 3 aromatic rings. The summed E-state index contributed by atoms with van der Waals surface area (Å²) in [5, 5.41) is 19.8. The van der Waals surface area contributed by atoms with E-state index in [9.17, 15) is 4.79 Å². The van der Waals surface area contributed by atoms with Crippen LogP contribution in [-0.4, -0.2) is 60.5 Å². The minimum absolute atomic E-state index is 0.235. The molecule has 8 nitrogen and oxygen atoms in total. The average molecular weight is 484 g/mol. The van der Waals surface area contributed by atoms with Gasteiger partial charge in [0.05, 0.1) is 17.3 Å². The Morgan fingerprint density at radius 2 is 2.00 bits per heavy atom. The molecule has 2 bridgehead atoms. The van der Waals surface area contributed by atoms with Crippen LogP contribution < -0.4 is 15.5 Å². The van der Waals surface area contributed by atoms with Gasteiger partial charge >= 0.3 is 6.03 Å². The normalized spacial score (nSPS) is 22.6. The van der Waals surface area contributed by atoms with Gasteiger partial charge in [0.25, 0.3) is 0 Å². The highest BCUT2D eigenvalue weighted by atomic mass is 16.2. The molecule has 0 spiro atoms. The van der Waals surface area contributed by atoms with E-state index in [1.54, 1.807) is 24.3 Å². The van der Waals surface area contributed by atoms with Gasteiger partial charge in [-0.2, -0.15) is 10.4 Å². The Balaban J connectivity index is 1.20. The molecule has 186 valence electrons. The van der Waals surface area contributed by atoms with Crippen LogP contribution in [0.25, 0.3) is 11.3 Å². The van der Waals surface area contributed by atoms with Gasteiger partial charge in [-0.3, -0.25) is 9.58 Å². The molecule has 1 unspecified atom stereocenters. The molecule has 0 saturated carbocycles. The molecular formula is C28H33N7O. The average Bonchev–Trinajstić information content (AvgIpc) is 3.29. The fourth-order valence-electron chi connectivity index (χ4n) is 5.64. The Morgan fingerprint density at radius 1 is 1.19 bits per heavy atom. The van der Waals surface area contributed by atoms with Crippen molar-refractivity contribution in [2.45, 2.75) is 24.8 Å². The van der Waals surface area contributed by atoms with Crippen molar-refractivity contribution in [2.75, 3.05) is 43.9 Å². The maximum atomic E-state index is 12.4. The molecular weight excluding hydrogens is 450 g/mol. The molecule has 4 heterocycles. The van der Waals surface area contributed by atoms with Gasteiger partial charge in [-0.15, -0.1) is 0 Å². The van der Waals surface area contributed by atoms with Crippen molar-refractivity contribution in [1.29, 1.82) is 5.26 Å². The first-order valence-corrected chi connectivity index (χ1v) is 12.5. The van der Waals surface area contributed by atoms with Crippen LogP contribution in [-0.2, 0) is 7.05 Å². The highest BCUT2D eigenvalue weighted by Crippen LogP contribution is 2.42. The van der Waals surface area contributed by atoms with Crippen molar-refractivity contribution < 1.29 is 4.79 Å². The van der Waals surface area contributed by atoms with Crippen molar-refractivity contribution in [3.8, 4) is 17.3 Å². The van der Waals surface area contributed by atoms with E-state index in [0.29, 0.717) is 35.7 Å². The summed E-state index contributed by atoms with van der Waals surface area (Å²) in [5.74, 6) is 1.03. The Bertz CT molecular complexity index is 1270. The number of aryl methyl sites for hydroxylation is 1. The molecule has 36 heavy (non-hydrogen) atoms. The summed E-state index contributed by atoms with van der Waals surface area (Å²) in [5.41, 5.74) is 5.77. The fraction of sp³-hybridized carbons (Fsp3) is 0.393. The van der Waals surface area contributed by atoms with Crippen LogP contribution in [0.15, 0.2) is 54.6 Å². The molecule has 6 rings (SSSR count). The lowest BCUT2D eigenvalue weighted by Crippen LogP contribution is -2.56. The van der Waals surface area contributed by atoms with Gasteiger partial charge < -0.3 is 15.5 Å². The summed E-state index contributed by atoms with van der Waals surface area (Å²) in [4.78, 5) is 17.1. The number of amides is 2. The first-order valence-electron chi connectivity index (χ1n) is 12.5. The van der Waals surface area contributed by atoms with E-state index < -0.39 is 0 Å². The Labute approximate surface area is 212 Å². The van der Waals surface area contributed by atoms with E-state index in [2.05, 4.69) is 68.6 Å². The van der Waals surface area contributed by atoms with Gasteiger partial charge in [0.1, 0.15) is 0 Å². The molecule has 8 heteroatoms.